The molecule has 14 heavy (non-hydrogen) atoms. The molecule has 0 spiro atoms. The number of ether oxygens (including phenoxy) is 1. The van der Waals surface area contributed by atoms with Crippen molar-refractivity contribution in [2.75, 3.05) is 7.11 Å². The highest BCUT2D eigenvalue weighted by Gasteiger charge is 2.11. The van der Waals surface area contributed by atoms with Crippen molar-refractivity contribution in [3.8, 4) is 5.75 Å². The van der Waals surface area contributed by atoms with Crippen LogP contribution in [0.1, 0.15) is 0 Å². The number of hydrogen-bond donors (Lipinski definition) is 0. The van der Waals surface area contributed by atoms with E-state index in [1.807, 2.05) is 0 Å². The molecule has 1 heterocycles. The van der Waals surface area contributed by atoms with E-state index in [1.54, 1.807) is 18.3 Å². The maximum atomic E-state index is 13.4. The fraction of sp³-hybridized carbons (Fsp3) is 0.100. The van der Waals surface area contributed by atoms with E-state index < -0.39 is 0 Å². The number of fused-ring (bicyclic) bond motifs is 1. The van der Waals surface area contributed by atoms with Crippen LogP contribution in [-0.2, 0) is 0 Å². The topological polar surface area (TPSA) is 22.1 Å². The molecule has 0 radical (unpaired) electrons. The average molecular weight is 256 g/mol. The normalized spacial score (nSPS) is 10.5. The van der Waals surface area contributed by atoms with E-state index in [9.17, 15) is 4.39 Å². The van der Waals surface area contributed by atoms with Crippen molar-refractivity contribution in [3.05, 3.63) is 34.7 Å². The minimum Gasteiger partial charge on any atom is -0.493 e. The summed E-state index contributed by atoms with van der Waals surface area (Å²) in [5.74, 6) is -0.156. The quantitative estimate of drug-likeness (QED) is 0.781. The van der Waals surface area contributed by atoms with Crippen molar-refractivity contribution in [2.45, 2.75) is 0 Å². The van der Waals surface area contributed by atoms with E-state index in [0.29, 0.717) is 15.4 Å². The van der Waals surface area contributed by atoms with Crippen LogP contribution in [0.25, 0.3) is 10.9 Å². The van der Waals surface area contributed by atoms with Crippen LogP contribution in [-0.4, -0.2) is 12.1 Å². The molecule has 0 saturated heterocycles. The lowest BCUT2D eigenvalue weighted by Gasteiger charge is -2.07. The first kappa shape index (κ1) is 9.40. The summed E-state index contributed by atoms with van der Waals surface area (Å²) in [5, 5.41) is 0.668. The van der Waals surface area contributed by atoms with Crippen LogP contribution in [0.3, 0.4) is 0 Å². The third-order valence-electron chi connectivity index (χ3n) is 1.95. The second-order valence-corrected chi connectivity index (χ2v) is 3.63. The molecule has 0 aliphatic carbocycles. The smallest absolute Gasteiger partial charge is 0.166 e. The van der Waals surface area contributed by atoms with E-state index in [1.165, 1.54) is 13.2 Å². The second kappa shape index (κ2) is 3.53. The molecule has 1 aromatic carbocycles. The Kier molecular flexibility index (Phi) is 2.37. The van der Waals surface area contributed by atoms with E-state index in [-0.39, 0.29) is 11.6 Å². The van der Waals surface area contributed by atoms with Crippen molar-refractivity contribution in [3.63, 3.8) is 0 Å². The summed E-state index contributed by atoms with van der Waals surface area (Å²) in [6, 6.07) is 4.87. The Balaban J connectivity index is 2.90. The zero-order valence-corrected chi connectivity index (χ0v) is 9.01. The Morgan fingerprint density at radius 1 is 1.50 bits per heavy atom. The predicted molar refractivity (Wildman–Crippen MR) is 56.0 cm³/mol. The van der Waals surface area contributed by atoms with Gasteiger partial charge in [0.25, 0.3) is 0 Å². The molecule has 2 aromatic rings. The van der Waals surface area contributed by atoms with Crippen LogP contribution in [0.5, 0.6) is 5.75 Å². The largest absolute Gasteiger partial charge is 0.493 e. The van der Waals surface area contributed by atoms with Gasteiger partial charge in [0.2, 0.25) is 0 Å². The minimum atomic E-state index is -0.389. The molecule has 1 aromatic heterocycles. The van der Waals surface area contributed by atoms with E-state index in [2.05, 4.69) is 20.9 Å². The van der Waals surface area contributed by atoms with Crippen LogP contribution < -0.4 is 4.74 Å². The highest BCUT2D eigenvalue weighted by atomic mass is 79.9. The Morgan fingerprint density at radius 2 is 2.29 bits per heavy atom. The molecular formula is C10H7BrFNO. The molecule has 0 saturated carbocycles. The van der Waals surface area contributed by atoms with Gasteiger partial charge in [-0.3, -0.25) is 4.98 Å². The number of rotatable bonds is 1. The van der Waals surface area contributed by atoms with Gasteiger partial charge in [-0.2, -0.15) is 0 Å². The van der Waals surface area contributed by atoms with Gasteiger partial charge in [-0.15, -0.1) is 0 Å². The third-order valence-corrected chi connectivity index (χ3v) is 2.56. The van der Waals surface area contributed by atoms with Crippen LogP contribution >= 0.6 is 15.9 Å². The summed E-state index contributed by atoms with van der Waals surface area (Å²) < 4.78 is 19.0. The maximum Gasteiger partial charge on any atom is 0.166 e. The van der Waals surface area contributed by atoms with Crippen LogP contribution in [0.4, 0.5) is 4.39 Å². The fourth-order valence-electron chi connectivity index (χ4n) is 1.36. The number of aromatic nitrogens is 1. The van der Waals surface area contributed by atoms with Crippen molar-refractivity contribution in [1.29, 1.82) is 0 Å². The molecule has 4 heteroatoms. The molecule has 2 rings (SSSR count). The number of methoxy groups -OCH3 is 1. The molecule has 0 N–H and O–H groups in total. The Labute approximate surface area is 88.8 Å². The lowest BCUT2D eigenvalue weighted by Crippen LogP contribution is -1.91. The zero-order valence-electron chi connectivity index (χ0n) is 7.42. The first-order valence-electron chi connectivity index (χ1n) is 4.00. The van der Waals surface area contributed by atoms with Crippen LogP contribution in [0.15, 0.2) is 28.9 Å². The highest BCUT2D eigenvalue weighted by molar-refractivity contribution is 9.10. The van der Waals surface area contributed by atoms with Gasteiger partial charge in [-0.05, 0) is 34.1 Å². The summed E-state index contributed by atoms with van der Waals surface area (Å²) >= 11 is 3.25. The van der Waals surface area contributed by atoms with E-state index >= 15 is 0 Å². The van der Waals surface area contributed by atoms with Gasteiger partial charge in [-0.25, -0.2) is 4.39 Å². The third kappa shape index (κ3) is 1.35. The van der Waals surface area contributed by atoms with Crippen molar-refractivity contribution in [1.82, 2.24) is 4.98 Å². The SMILES string of the molecule is COc1c(F)cc(Br)c2ncccc12. The van der Waals surface area contributed by atoms with Gasteiger partial charge in [0.1, 0.15) is 0 Å². The van der Waals surface area contributed by atoms with E-state index in [0.717, 1.165) is 0 Å². The summed E-state index contributed by atoms with van der Waals surface area (Å²) in [7, 11) is 1.44. The number of pyridine rings is 1. The summed E-state index contributed by atoms with van der Waals surface area (Å²) in [5.41, 5.74) is 0.700. The number of hydrogen-bond acceptors (Lipinski definition) is 2. The molecule has 0 unspecified atom stereocenters. The van der Waals surface area contributed by atoms with E-state index in [4.69, 9.17) is 4.74 Å². The monoisotopic (exact) mass is 255 g/mol. The van der Waals surface area contributed by atoms with Gasteiger partial charge in [-0.1, -0.05) is 0 Å². The van der Waals surface area contributed by atoms with Crippen molar-refractivity contribution in [2.24, 2.45) is 0 Å². The van der Waals surface area contributed by atoms with Gasteiger partial charge in [0.05, 0.1) is 12.6 Å². The van der Waals surface area contributed by atoms with Gasteiger partial charge < -0.3 is 4.74 Å². The first-order chi connectivity index (χ1) is 6.74. The summed E-state index contributed by atoms with van der Waals surface area (Å²) in [4.78, 5) is 4.14. The van der Waals surface area contributed by atoms with Gasteiger partial charge in [0.15, 0.2) is 11.6 Å². The lowest BCUT2D eigenvalue weighted by molar-refractivity contribution is 0.391. The molecule has 72 valence electrons. The predicted octanol–water partition coefficient (Wildman–Crippen LogP) is 3.15. The Morgan fingerprint density at radius 3 is 3.00 bits per heavy atom. The first-order valence-corrected chi connectivity index (χ1v) is 4.80. The maximum absolute atomic E-state index is 13.4. The summed E-state index contributed by atoms with van der Waals surface area (Å²) in [6.07, 6.45) is 1.66. The molecule has 0 atom stereocenters. The molecule has 0 amide bonds. The number of halogens is 2. The van der Waals surface area contributed by atoms with Gasteiger partial charge in [0, 0.05) is 16.1 Å². The second-order valence-electron chi connectivity index (χ2n) is 2.77. The molecule has 0 aliphatic rings. The molecular weight excluding hydrogens is 249 g/mol. The molecule has 0 fully saturated rings. The molecule has 0 bridgehead atoms. The lowest BCUT2D eigenvalue weighted by atomic mass is 10.2. The Hall–Kier alpha value is -1.16. The Bertz CT molecular complexity index is 487. The highest BCUT2D eigenvalue weighted by Crippen LogP contribution is 2.32. The summed E-state index contributed by atoms with van der Waals surface area (Å²) in [6.45, 7) is 0. The molecule has 2 nitrogen and oxygen atoms in total. The van der Waals surface area contributed by atoms with Gasteiger partial charge >= 0.3 is 0 Å². The molecule has 0 aliphatic heterocycles. The van der Waals surface area contributed by atoms with Crippen LogP contribution in [0.2, 0.25) is 0 Å². The number of benzene rings is 1. The standard InChI is InChI=1S/C10H7BrFNO/c1-14-10-6-3-2-4-13-9(6)7(11)5-8(10)12/h2-5H,1H3. The van der Waals surface area contributed by atoms with Crippen LogP contribution in [0, 0.1) is 5.82 Å². The van der Waals surface area contributed by atoms with Crippen molar-refractivity contribution < 1.29 is 9.13 Å². The zero-order chi connectivity index (χ0) is 10.1. The van der Waals surface area contributed by atoms with Crippen molar-refractivity contribution >= 4 is 26.8 Å². The average Bonchev–Trinajstić information content (AvgIpc) is 2.18. The minimum absolute atomic E-state index is 0.233. The fourth-order valence-corrected chi connectivity index (χ4v) is 1.88. The number of nitrogens with zero attached hydrogens (tertiary/aromatic N) is 1.